The molecule has 1 fully saturated rings. The summed E-state index contributed by atoms with van der Waals surface area (Å²) in [4.78, 5) is 30.6. The van der Waals surface area contributed by atoms with E-state index in [1.54, 1.807) is 22.4 Å². The number of aromatic nitrogens is 1. The van der Waals surface area contributed by atoms with Crippen LogP contribution in [-0.4, -0.2) is 47.4 Å². The summed E-state index contributed by atoms with van der Waals surface area (Å²) < 4.78 is 13.8. The van der Waals surface area contributed by atoms with Crippen molar-refractivity contribution in [2.24, 2.45) is 5.73 Å². The van der Waals surface area contributed by atoms with Gasteiger partial charge in [0.05, 0.1) is 10.6 Å². The van der Waals surface area contributed by atoms with Crippen LogP contribution in [0.4, 0.5) is 4.39 Å². The molecule has 0 bridgehead atoms. The minimum atomic E-state index is -0.509. The average Bonchev–Trinajstić information content (AvgIpc) is 3.11. The second kappa shape index (κ2) is 8.37. The Bertz CT molecular complexity index is 787. The van der Waals surface area contributed by atoms with E-state index in [-0.39, 0.29) is 23.4 Å². The predicted octanol–water partition coefficient (Wildman–Crippen LogP) is 1.82. The average molecular weight is 376 g/mol. The van der Waals surface area contributed by atoms with Crippen LogP contribution in [0.15, 0.2) is 29.6 Å². The normalized spacial score (nSPS) is 15.1. The van der Waals surface area contributed by atoms with Crippen LogP contribution in [0.2, 0.25) is 0 Å². The smallest absolute Gasteiger partial charge is 0.270 e. The van der Waals surface area contributed by atoms with E-state index in [2.05, 4.69) is 10.3 Å². The SMILES string of the molecule is NCCc1nc(C(=O)NC2CCN(C(=O)c3ccccc3F)CC2)cs1. The second-order valence-corrected chi connectivity index (χ2v) is 7.13. The molecule has 1 aromatic heterocycles. The van der Waals surface area contributed by atoms with Gasteiger partial charge in [-0.05, 0) is 31.5 Å². The number of carbonyl (C=O) groups excluding carboxylic acids is 2. The van der Waals surface area contributed by atoms with Gasteiger partial charge in [-0.1, -0.05) is 12.1 Å². The van der Waals surface area contributed by atoms with Gasteiger partial charge in [0.1, 0.15) is 11.5 Å². The number of carbonyl (C=O) groups is 2. The number of halogens is 1. The van der Waals surface area contributed by atoms with Crippen molar-refractivity contribution in [2.45, 2.75) is 25.3 Å². The number of thiazole rings is 1. The van der Waals surface area contributed by atoms with Gasteiger partial charge in [0.25, 0.3) is 11.8 Å². The van der Waals surface area contributed by atoms with E-state index in [9.17, 15) is 14.0 Å². The fraction of sp³-hybridized carbons (Fsp3) is 0.389. The maximum Gasteiger partial charge on any atom is 0.270 e. The highest BCUT2D eigenvalue weighted by Crippen LogP contribution is 2.17. The van der Waals surface area contributed by atoms with Crippen LogP contribution in [-0.2, 0) is 6.42 Å². The van der Waals surface area contributed by atoms with Crippen LogP contribution in [0.1, 0.15) is 38.7 Å². The highest BCUT2D eigenvalue weighted by atomic mass is 32.1. The lowest BCUT2D eigenvalue weighted by atomic mass is 10.0. The number of rotatable bonds is 5. The van der Waals surface area contributed by atoms with Crippen LogP contribution in [0.25, 0.3) is 0 Å². The van der Waals surface area contributed by atoms with Gasteiger partial charge < -0.3 is 16.0 Å². The third-order valence-electron chi connectivity index (χ3n) is 4.36. The Balaban J connectivity index is 1.52. The fourth-order valence-electron chi connectivity index (χ4n) is 2.94. The molecule has 0 aliphatic carbocycles. The van der Waals surface area contributed by atoms with Crippen molar-refractivity contribution in [3.05, 3.63) is 51.7 Å². The lowest BCUT2D eigenvalue weighted by molar-refractivity contribution is 0.0693. The minimum Gasteiger partial charge on any atom is -0.348 e. The Morgan fingerprint density at radius 2 is 2.04 bits per heavy atom. The molecule has 8 heteroatoms. The summed E-state index contributed by atoms with van der Waals surface area (Å²) in [6, 6.07) is 5.97. The zero-order chi connectivity index (χ0) is 18.5. The largest absolute Gasteiger partial charge is 0.348 e. The van der Waals surface area contributed by atoms with E-state index >= 15 is 0 Å². The molecule has 138 valence electrons. The molecule has 1 aliphatic rings. The first-order valence-electron chi connectivity index (χ1n) is 8.57. The number of benzene rings is 1. The van der Waals surface area contributed by atoms with Crippen molar-refractivity contribution in [3.63, 3.8) is 0 Å². The van der Waals surface area contributed by atoms with Crippen molar-refractivity contribution < 1.29 is 14.0 Å². The molecule has 2 heterocycles. The summed E-state index contributed by atoms with van der Waals surface area (Å²) >= 11 is 1.43. The topological polar surface area (TPSA) is 88.3 Å². The molecule has 2 amide bonds. The van der Waals surface area contributed by atoms with E-state index in [1.807, 2.05) is 0 Å². The fourth-order valence-corrected chi connectivity index (χ4v) is 3.74. The van der Waals surface area contributed by atoms with Crippen molar-refractivity contribution in [1.82, 2.24) is 15.2 Å². The van der Waals surface area contributed by atoms with Gasteiger partial charge >= 0.3 is 0 Å². The van der Waals surface area contributed by atoms with Crippen LogP contribution in [0, 0.1) is 5.82 Å². The molecule has 1 aromatic carbocycles. The van der Waals surface area contributed by atoms with Crippen molar-refractivity contribution in [3.8, 4) is 0 Å². The molecule has 0 saturated carbocycles. The number of nitrogens with zero attached hydrogens (tertiary/aromatic N) is 2. The van der Waals surface area contributed by atoms with Crippen LogP contribution >= 0.6 is 11.3 Å². The van der Waals surface area contributed by atoms with Crippen molar-refractivity contribution >= 4 is 23.2 Å². The van der Waals surface area contributed by atoms with Crippen LogP contribution < -0.4 is 11.1 Å². The van der Waals surface area contributed by atoms with Gasteiger partial charge in [-0.3, -0.25) is 9.59 Å². The summed E-state index contributed by atoms with van der Waals surface area (Å²) in [6.45, 7) is 1.46. The molecule has 1 aliphatic heterocycles. The molecule has 2 aromatic rings. The number of amides is 2. The summed E-state index contributed by atoms with van der Waals surface area (Å²) in [5, 5.41) is 5.55. The molecule has 6 nitrogen and oxygen atoms in total. The molecule has 0 radical (unpaired) electrons. The van der Waals surface area contributed by atoms with Crippen molar-refractivity contribution in [1.29, 1.82) is 0 Å². The highest BCUT2D eigenvalue weighted by molar-refractivity contribution is 7.09. The number of nitrogens with two attached hydrogens (primary N) is 1. The number of piperidine rings is 1. The standard InChI is InChI=1S/C18H21FN4O2S/c19-14-4-2-1-3-13(14)18(25)23-9-6-12(7-10-23)21-17(24)15-11-26-16(22-15)5-8-20/h1-4,11-12H,5-10,20H2,(H,21,24). The highest BCUT2D eigenvalue weighted by Gasteiger charge is 2.26. The molecule has 26 heavy (non-hydrogen) atoms. The van der Waals surface area contributed by atoms with Gasteiger partial charge in [-0.25, -0.2) is 9.37 Å². The molecular weight excluding hydrogens is 355 g/mol. The zero-order valence-corrected chi connectivity index (χ0v) is 15.1. The summed E-state index contributed by atoms with van der Waals surface area (Å²) in [5.41, 5.74) is 5.99. The molecule has 0 unspecified atom stereocenters. The van der Waals surface area contributed by atoms with E-state index in [0.717, 1.165) is 5.01 Å². The van der Waals surface area contributed by atoms with Gasteiger partial charge in [0.15, 0.2) is 0 Å². The van der Waals surface area contributed by atoms with E-state index in [0.29, 0.717) is 44.6 Å². The first-order chi connectivity index (χ1) is 12.6. The van der Waals surface area contributed by atoms with Gasteiger partial charge in [0.2, 0.25) is 0 Å². The second-order valence-electron chi connectivity index (χ2n) is 6.18. The lowest BCUT2D eigenvalue weighted by Crippen LogP contribution is -2.46. The molecule has 3 N–H and O–H groups in total. The van der Waals surface area contributed by atoms with E-state index < -0.39 is 5.82 Å². The van der Waals surface area contributed by atoms with E-state index in [1.165, 1.54) is 23.5 Å². The third-order valence-corrected chi connectivity index (χ3v) is 5.27. The Kier molecular flexibility index (Phi) is 5.95. The first kappa shape index (κ1) is 18.5. The molecule has 0 atom stereocenters. The summed E-state index contributed by atoms with van der Waals surface area (Å²) in [7, 11) is 0. The number of hydrogen-bond donors (Lipinski definition) is 2. The van der Waals surface area contributed by atoms with Crippen molar-refractivity contribution in [2.75, 3.05) is 19.6 Å². The Hall–Kier alpha value is -2.32. The predicted molar refractivity (Wildman–Crippen MR) is 97.7 cm³/mol. The molecule has 3 rings (SSSR count). The van der Waals surface area contributed by atoms with Gasteiger partial charge in [0, 0.05) is 30.9 Å². The zero-order valence-electron chi connectivity index (χ0n) is 14.3. The van der Waals surface area contributed by atoms with Crippen LogP contribution in [0.3, 0.4) is 0 Å². The first-order valence-corrected chi connectivity index (χ1v) is 9.45. The Labute approximate surface area is 155 Å². The van der Waals surface area contributed by atoms with Crippen LogP contribution in [0.5, 0.6) is 0 Å². The Morgan fingerprint density at radius 1 is 1.31 bits per heavy atom. The number of hydrogen-bond acceptors (Lipinski definition) is 5. The number of nitrogens with one attached hydrogen (secondary N) is 1. The summed E-state index contributed by atoms with van der Waals surface area (Å²) in [6.07, 6.45) is 1.92. The number of likely N-dealkylation sites (tertiary alicyclic amines) is 1. The quantitative estimate of drug-likeness (QED) is 0.833. The molecule has 1 saturated heterocycles. The molecule has 0 spiro atoms. The monoisotopic (exact) mass is 376 g/mol. The van der Waals surface area contributed by atoms with E-state index in [4.69, 9.17) is 5.73 Å². The van der Waals surface area contributed by atoms with Gasteiger partial charge in [-0.15, -0.1) is 11.3 Å². The van der Waals surface area contributed by atoms with Gasteiger partial charge in [-0.2, -0.15) is 0 Å². The minimum absolute atomic E-state index is 0.0215. The Morgan fingerprint density at radius 3 is 2.73 bits per heavy atom. The maximum atomic E-state index is 13.8. The molecular formula is C18H21FN4O2S. The lowest BCUT2D eigenvalue weighted by Gasteiger charge is -2.32. The maximum absolute atomic E-state index is 13.8. The summed E-state index contributed by atoms with van der Waals surface area (Å²) in [5.74, 6) is -1.02. The third kappa shape index (κ3) is 4.25.